The number of aromatic amines is 1. The van der Waals surface area contributed by atoms with Crippen molar-refractivity contribution in [2.45, 2.75) is 24.4 Å². The van der Waals surface area contributed by atoms with Gasteiger partial charge in [-0.15, -0.1) is 0 Å². The number of aromatic nitrogens is 2. The van der Waals surface area contributed by atoms with Crippen LogP contribution in [0.5, 0.6) is 0 Å². The molecule has 4 atom stereocenters. The second-order valence-corrected chi connectivity index (χ2v) is 4.43. The average molecular weight is 273 g/mol. The summed E-state index contributed by atoms with van der Waals surface area (Å²) in [5.74, 6) is 0.204. The Kier molecular flexibility index (Phi) is 3.93. The predicted molar refractivity (Wildman–Crippen MR) is 65.3 cm³/mol. The van der Waals surface area contributed by atoms with Crippen molar-refractivity contribution >= 4 is 18.2 Å². The van der Waals surface area contributed by atoms with E-state index in [0.29, 0.717) is 10.2 Å². The standard InChI is InChI=1S/C10H15N3O4S/c1-16-8-6(15)5(3-14)17-7(8)4-2-12-10(11)13-9(4)18/h2,5-8,14-15H,3H2,1H3,(H3,11,12,13,18)/t5-,6-,7+,8-/m1/s1. The molecule has 0 amide bonds. The Balaban J connectivity index is 2.35. The third-order valence-electron chi connectivity index (χ3n) is 2.94. The Hall–Kier alpha value is -1.06. The Morgan fingerprint density at radius 1 is 1.67 bits per heavy atom. The molecule has 100 valence electrons. The molecule has 2 heterocycles. The van der Waals surface area contributed by atoms with Crippen LogP contribution in [0, 0.1) is 4.64 Å². The second-order valence-electron chi connectivity index (χ2n) is 4.02. The molecule has 0 saturated carbocycles. The van der Waals surface area contributed by atoms with Crippen molar-refractivity contribution in [1.29, 1.82) is 0 Å². The van der Waals surface area contributed by atoms with Crippen LogP contribution in [0.25, 0.3) is 0 Å². The zero-order chi connectivity index (χ0) is 13.3. The number of H-pyrrole nitrogens is 1. The molecule has 1 aliphatic rings. The zero-order valence-corrected chi connectivity index (χ0v) is 10.6. The van der Waals surface area contributed by atoms with Gasteiger partial charge in [-0.1, -0.05) is 12.2 Å². The van der Waals surface area contributed by atoms with Crippen LogP contribution in [0.15, 0.2) is 6.20 Å². The molecule has 5 N–H and O–H groups in total. The Labute approximate surface area is 109 Å². The first kappa shape index (κ1) is 13.4. The van der Waals surface area contributed by atoms with Crippen LogP contribution >= 0.6 is 12.2 Å². The molecule has 18 heavy (non-hydrogen) atoms. The molecule has 1 fully saturated rings. The fraction of sp³-hybridized carbons (Fsp3) is 0.600. The number of nitrogen functional groups attached to an aromatic ring is 1. The number of aliphatic hydroxyl groups is 2. The highest BCUT2D eigenvalue weighted by Gasteiger charge is 2.45. The normalized spacial score (nSPS) is 31.7. The molecule has 1 aliphatic heterocycles. The third-order valence-corrected chi connectivity index (χ3v) is 3.28. The number of rotatable bonds is 3. The first-order chi connectivity index (χ1) is 8.58. The van der Waals surface area contributed by atoms with Crippen molar-refractivity contribution < 1.29 is 19.7 Å². The molecule has 1 aromatic heterocycles. The summed E-state index contributed by atoms with van der Waals surface area (Å²) >= 11 is 5.14. The van der Waals surface area contributed by atoms with Gasteiger partial charge in [-0.05, 0) is 0 Å². The Morgan fingerprint density at radius 3 is 2.94 bits per heavy atom. The Morgan fingerprint density at radius 2 is 2.39 bits per heavy atom. The summed E-state index contributed by atoms with van der Waals surface area (Å²) in [6, 6.07) is 0. The molecular formula is C10H15N3O4S. The van der Waals surface area contributed by atoms with E-state index in [2.05, 4.69) is 9.97 Å². The predicted octanol–water partition coefficient (Wildman–Crippen LogP) is -0.471. The molecule has 0 radical (unpaired) electrons. The van der Waals surface area contributed by atoms with Crippen LogP contribution in [0.4, 0.5) is 5.95 Å². The van der Waals surface area contributed by atoms with Crippen molar-refractivity contribution in [1.82, 2.24) is 9.97 Å². The van der Waals surface area contributed by atoms with Gasteiger partial charge >= 0.3 is 0 Å². The van der Waals surface area contributed by atoms with Crippen molar-refractivity contribution in [2.75, 3.05) is 19.5 Å². The van der Waals surface area contributed by atoms with Gasteiger partial charge in [-0.25, -0.2) is 4.98 Å². The molecule has 1 saturated heterocycles. The van der Waals surface area contributed by atoms with E-state index in [9.17, 15) is 5.11 Å². The smallest absolute Gasteiger partial charge is 0.198 e. The number of hydrogen-bond donors (Lipinski definition) is 4. The van der Waals surface area contributed by atoms with E-state index in [4.69, 9.17) is 32.5 Å². The lowest BCUT2D eigenvalue weighted by Crippen LogP contribution is -2.33. The SMILES string of the molecule is CO[C@@H]1[C@H](O)[C@@H](CO)O[C@H]1c1cnc(N)[nH]c1=S. The number of nitrogens with zero attached hydrogens (tertiary/aromatic N) is 1. The zero-order valence-electron chi connectivity index (χ0n) is 9.74. The summed E-state index contributed by atoms with van der Waals surface area (Å²) in [4.78, 5) is 6.61. The molecule has 8 heteroatoms. The van der Waals surface area contributed by atoms with Gasteiger partial charge in [0, 0.05) is 18.9 Å². The third kappa shape index (κ3) is 2.25. The number of nitrogens with one attached hydrogen (secondary N) is 1. The molecule has 7 nitrogen and oxygen atoms in total. The van der Waals surface area contributed by atoms with Gasteiger partial charge in [0.2, 0.25) is 0 Å². The highest BCUT2D eigenvalue weighted by molar-refractivity contribution is 7.71. The van der Waals surface area contributed by atoms with Gasteiger partial charge < -0.3 is 30.4 Å². The molecule has 1 aromatic rings. The van der Waals surface area contributed by atoms with Gasteiger partial charge in [-0.2, -0.15) is 0 Å². The summed E-state index contributed by atoms with van der Waals surface area (Å²) in [5.41, 5.74) is 6.05. The van der Waals surface area contributed by atoms with Crippen LogP contribution in [0.1, 0.15) is 11.7 Å². The van der Waals surface area contributed by atoms with Crippen LogP contribution in [-0.2, 0) is 9.47 Å². The van der Waals surface area contributed by atoms with E-state index in [1.165, 1.54) is 13.3 Å². The van der Waals surface area contributed by atoms with Crippen LogP contribution in [0.2, 0.25) is 0 Å². The number of anilines is 1. The first-order valence-electron chi connectivity index (χ1n) is 5.40. The fourth-order valence-electron chi connectivity index (χ4n) is 2.02. The van der Waals surface area contributed by atoms with E-state index >= 15 is 0 Å². The lowest BCUT2D eigenvalue weighted by Gasteiger charge is -2.18. The molecule has 0 aliphatic carbocycles. The summed E-state index contributed by atoms with van der Waals surface area (Å²) in [7, 11) is 1.46. The number of hydrogen-bond acceptors (Lipinski definition) is 7. The van der Waals surface area contributed by atoms with Gasteiger partial charge in [0.1, 0.15) is 29.1 Å². The maximum absolute atomic E-state index is 9.93. The maximum atomic E-state index is 9.93. The average Bonchev–Trinajstić information content (AvgIpc) is 2.65. The maximum Gasteiger partial charge on any atom is 0.198 e. The van der Waals surface area contributed by atoms with Crippen molar-refractivity contribution in [3.8, 4) is 0 Å². The number of methoxy groups -OCH3 is 1. The summed E-state index contributed by atoms with van der Waals surface area (Å²) in [5, 5.41) is 19.0. The summed E-state index contributed by atoms with van der Waals surface area (Å²) in [6.45, 7) is -0.295. The lowest BCUT2D eigenvalue weighted by molar-refractivity contribution is -0.0237. The van der Waals surface area contributed by atoms with Gasteiger partial charge in [0.05, 0.1) is 6.61 Å². The summed E-state index contributed by atoms with van der Waals surface area (Å²) in [6.07, 6.45) is -1.33. The largest absolute Gasteiger partial charge is 0.394 e. The van der Waals surface area contributed by atoms with Gasteiger partial charge in [-0.3, -0.25) is 0 Å². The molecule has 0 unspecified atom stereocenters. The molecule has 0 spiro atoms. The van der Waals surface area contributed by atoms with Gasteiger partial charge in [0.25, 0.3) is 0 Å². The quantitative estimate of drug-likeness (QED) is 0.550. The summed E-state index contributed by atoms with van der Waals surface area (Å²) < 4.78 is 11.1. The minimum absolute atomic E-state index is 0.204. The van der Waals surface area contributed by atoms with Crippen molar-refractivity contribution in [3.05, 3.63) is 16.4 Å². The Bertz CT molecular complexity index is 480. The van der Waals surface area contributed by atoms with Crippen molar-refractivity contribution in [2.24, 2.45) is 0 Å². The minimum atomic E-state index is -0.919. The molecule has 2 rings (SSSR count). The fourth-order valence-corrected chi connectivity index (χ4v) is 2.30. The highest BCUT2D eigenvalue weighted by atomic mass is 32.1. The molecular weight excluding hydrogens is 258 g/mol. The topological polar surface area (TPSA) is 114 Å². The minimum Gasteiger partial charge on any atom is -0.394 e. The van der Waals surface area contributed by atoms with E-state index in [-0.39, 0.29) is 12.6 Å². The monoisotopic (exact) mass is 273 g/mol. The number of aliphatic hydroxyl groups excluding tert-OH is 2. The van der Waals surface area contributed by atoms with Crippen LogP contribution in [-0.4, -0.2) is 52.2 Å². The lowest BCUT2D eigenvalue weighted by atomic mass is 10.0. The number of ether oxygens (including phenoxy) is 2. The van der Waals surface area contributed by atoms with E-state index in [1.807, 2.05) is 0 Å². The number of nitrogens with two attached hydrogens (primary N) is 1. The highest BCUT2D eigenvalue weighted by Crippen LogP contribution is 2.35. The first-order valence-corrected chi connectivity index (χ1v) is 5.81. The second kappa shape index (κ2) is 5.29. The van der Waals surface area contributed by atoms with E-state index in [1.54, 1.807) is 0 Å². The van der Waals surface area contributed by atoms with E-state index < -0.39 is 24.4 Å². The van der Waals surface area contributed by atoms with E-state index in [0.717, 1.165) is 0 Å². The van der Waals surface area contributed by atoms with Crippen LogP contribution < -0.4 is 5.73 Å². The molecule has 0 aromatic carbocycles. The molecule has 0 bridgehead atoms. The van der Waals surface area contributed by atoms with Crippen molar-refractivity contribution in [3.63, 3.8) is 0 Å². The van der Waals surface area contributed by atoms with Gasteiger partial charge in [0.15, 0.2) is 5.95 Å². The van der Waals surface area contributed by atoms with Crippen LogP contribution in [0.3, 0.4) is 0 Å².